The van der Waals surface area contributed by atoms with Crippen LogP contribution in [0.15, 0.2) is 12.2 Å². The third kappa shape index (κ3) is 1.55. The molecule has 0 unspecified atom stereocenters. The molecule has 2 saturated carbocycles. The van der Waals surface area contributed by atoms with Crippen LogP contribution in [0.1, 0.15) is 40.5 Å². The first-order valence-corrected chi connectivity index (χ1v) is 6.02. The van der Waals surface area contributed by atoms with E-state index in [1.54, 1.807) is 6.08 Å². The van der Waals surface area contributed by atoms with E-state index in [-0.39, 0.29) is 17.1 Å². The van der Waals surface area contributed by atoms with E-state index in [0.717, 1.165) is 12.8 Å². The van der Waals surface area contributed by atoms with Gasteiger partial charge in [-0.1, -0.05) is 19.9 Å². The lowest BCUT2D eigenvalue weighted by molar-refractivity contribution is -0.135. The lowest BCUT2D eigenvalue weighted by atomic mass is 9.58. The van der Waals surface area contributed by atoms with E-state index in [1.807, 2.05) is 13.0 Å². The van der Waals surface area contributed by atoms with Gasteiger partial charge in [0.2, 0.25) is 0 Å². The molecule has 2 rings (SSSR count). The molecule has 2 nitrogen and oxygen atoms in total. The molecule has 0 aliphatic heterocycles. The molecule has 16 heavy (non-hydrogen) atoms. The van der Waals surface area contributed by atoms with Crippen LogP contribution in [-0.4, -0.2) is 11.6 Å². The van der Waals surface area contributed by atoms with Gasteiger partial charge < -0.3 is 0 Å². The third-order valence-corrected chi connectivity index (χ3v) is 4.60. The van der Waals surface area contributed by atoms with Crippen LogP contribution in [0.3, 0.4) is 0 Å². The Balaban J connectivity index is 2.34. The van der Waals surface area contributed by atoms with Crippen LogP contribution in [0, 0.1) is 22.7 Å². The molecule has 2 aliphatic carbocycles. The first-order chi connectivity index (χ1) is 7.28. The zero-order valence-corrected chi connectivity index (χ0v) is 10.5. The van der Waals surface area contributed by atoms with Crippen molar-refractivity contribution in [3.8, 4) is 0 Å². The van der Waals surface area contributed by atoms with Crippen molar-refractivity contribution in [3.63, 3.8) is 0 Å². The molecule has 3 atom stereocenters. The van der Waals surface area contributed by atoms with E-state index in [0.29, 0.717) is 11.7 Å². The zero-order valence-electron chi connectivity index (χ0n) is 10.5. The molecule has 2 heteroatoms. The number of rotatable bonds is 2. The second kappa shape index (κ2) is 3.28. The maximum absolute atomic E-state index is 12.4. The molecule has 0 aromatic rings. The summed E-state index contributed by atoms with van der Waals surface area (Å²) >= 11 is 0. The molecule has 0 amide bonds. The average Bonchev–Trinajstić information content (AvgIpc) is 2.89. The molecule has 2 fully saturated rings. The minimum Gasteiger partial charge on any atom is -0.298 e. The number of carbonyl (C=O) groups excluding carboxylic acids is 2. The fourth-order valence-corrected chi connectivity index (χ4v) is 2.97. The number of carbonyl (C=O) groups is 2. The maximum Gasteiger partial charge on any atom is 0.152 e. The zero-order chi connectivity index (χ0) is 12.1. The van der Waals surface area contributed by atoms with E-state index in [9.17, 15) is 9.59 Å². The van der Waals surface area contributed by atoms with E-state index in [1.165, 1.54) is 6.92 Å². The summed E-state index contributed by atoms with van der Waals surface area (Å²) < 4.78 is 0. The number of ketones is 2. The van der Waals surface area contributed by atoms with Gasteiger partial charge in [0.15, 0.2) is 5.78 Å². The highest BCUT2D eigenvalue weighted by molar-refractivity contribution is 5.94. The van der Waals surface area contributed by atoms with Crippen molar-refractivity contribution in [1.29, 1.82) is 0 Å². The summed E-state index contributed by atoms with van der Waals surface area (Å²) in [4.78, 5) is 23.4. The van der Waals surface area contributed by atoms with Crippen LogP contribution in [0.4, 0.5) is 0 Å². The molecular weight excluding hydrogens is 200 g/mol. The van der Waals surface area contributed by atoms with Crippen LogP contribution in [0.2, 0.25) is 0 Å². The van der Waals surface area contributed by atoms with Gasteiger partial charge in [0.05, 0.1) is 0 Å². The SMILES string of the molecule is CC(=O)/C=C\[C@@]1(C)C(=O)[C@H]2C[C@H]2CC1(C)C. The second-order valence-electron chi connectivity index (χ2n) is 6.20. The second-order valence-corrected chi connectivity index (χ2v) is 6.20. The number of fused-ring (bicyclic) bond motifs is 1. The van der Waals surface area contributed by atoms with Crippen molar-refractivity contribution in [2.24, 2.45) is 22.7 Å². The van der Waals surface area contributed by atoms with Crippen LogP contribution < -0.4 is 0 Å². The molecule has 0 heterocycles. The van der Waals surface area contributed by atoms with Gasteiger partial charge in [-0.25, -0.2) is 0 Å². The van der Waals surface area contributed by atoms with Gasteiger partial charge in [0.25, 0.3) is 0 Å². The van der Waals surface area contributed by atoms with Crippen molar-refractivity contribution in [2.45, 2.75) is 40.5 Å². The first kappa shape index (κ1) is 11.6. The minimum atomic E-state index is -0.462. The molecule has 0 spiro atoms. The summed E-state index contributed by atoms with van der Waals surface area (Å²) in [7, 11) is 0. The van der Waals surface area contributed by atoms with E-state index in [4.69, 9.17) is 0 Å². The Labute approximate surface area is 97.1 Å². The lowest BCUT2D eigenvalue weighted by Crippen LogP contribution is -2.45. The van der Waals surface area contributed by atoms with Gasteiger partial charge >= 0.3 is 0 Å². The number of hydrogen-bond donors (Lipinski definition) is 0. The molecule has 0 N–H and O–H groups in total. The molecule has 0 aromatic heterocycles. The van der Waals surface area contributed by atoms with E-state index < -0.39 is 5.41 Å². The molecule has 88 valence electrons. The van der Waals surface area contributed by atoms with E-state index >= 15 is 0 Å². The Bertz CT molecular complexity index is 378. The Morgan fingerprint density at radius 1 is 1.38 bits per heavy atom. The summed E-state index contributed by atoms with van der Waals surface area (Å²) in [5.41, 5.74) is -0.496. The van der Waals surface area contributed by atoms with Crippen LogP contribution in [0.25, 0.3) is 0 Å². The number of allylic oxidation sites excluding steroid dienone is 2. The normalized spacial score (nSPS) is 40.9. The van der Waals surface area contributed by atoms with Crippen molar-refractivity contribution in [2.75, 3.05) is 0 Å². The van der Waals surface area contributed by atoms with E-state index in [2.05, 4.69) is 13.8 Å². The quantitative estimate of drug-likeness (QED) is 0.671. The minimum absolute atomic E-state index is 0.0164. The maximum atomic E-state index is 12.4. The smallest absolute Gasteiger partial charge is 0.152 e. The number of hydrogen-bond acceptors (Lipinski definition) is 2. The Hall–Kier alpha value is -0.920. The van der Waals surface area contributed by atoms with Crippen molar-refractivity contribution < 1.29 is 9.59 Å². The molecule has 0 aromatic carbocycles. The predicted molar refractivity (Wildman–Crippen MR) is 62.9 cm³/mol. The topological polar surface area (TPSA) is 34.1 Å². The highest BCUT2D eigenvalue weighted by atomic mass is 16.1. The summed E-state index contributed by atoms with van der Waals surface area (Å²) in [5.74, 6) is 1.24. The molecule has 2 aliphatic rings. The van der Waals surface area contributed by atoms with Gasteiger partial charge in [-0.2, -0.15) is 0 Å². The summed E-state index contributed by atoms with van der Waals surface area (Å²) in [6.45, 7) is 7.80. The van der Waals surface area contributed by atoms with Gasteiger partial charge in [-0.15, -0.1) is 0 Å². The lowest BCUT2D eigenvalue weighted by Gasteiger charge is -2.44. The fourth-order valence-electron chi connectivity index (χ4n) is 2.97. The third-order valence-electron chi connectivity index (χ3n) is 4.60. The highest BCUT2D eigenvalue weighted by Gasteiger charge is 2.60. The van der Waals surface area contributed by atoms with Gasteiger partial charge in [0.1, 0.15) is 5.78 Å². The molecule has 0 bridgehead atoms. The monoisotopic (exact) mass is 220 g/mol. The van der Waals surface area contributed by atoms with Crippen LogP contribution in [0.5, 0.6) is 0 Å². The fraction of sp³-hybridized carbons (Fsp3) is 0.714. The summed E-state index contributed by atoms with van der Waals surface area (Å²) in [5, 5.41) is 0. The average molecular weight is 220 g/mol. The van der Waals surface area contributed by atoms with Gasteiger partial charge in [0, 0.05) is 11.3 Å². The summed E-state index contributed by atoms with van der Waals surface area (Å²) in [6.07, 6.45) is 5.56. The van der Waals surface area contributed by atoms with Crippen LogP contribution in [-0.2, 0) is 9.59 Å². The molecular formula is C14H20O2. The first-order valence-electron chi connectivity index (χ1n) is 6.02. The van der Waals surface area contributed by atoms with Gasteiger partial charge in [-0.3, -0.25) is 9.59 Å². The Morgan fingerprint density at radius 3 is 2.56 bits per heavy atom. The molecule has 0 saturated heterocycles. The van der Waals surface area contributed by atoms with Crippen molar-refractivity contribution >= 4 is 11.6 Å². The van der Waals surface area contributed by atoms with Gasteiger partial charge in [-0.05, 0) is 44.1 Å². The van der Waals surface area contributed by atoms with Crippen LogP contribution >= 0.6 is 0 Å². The van der Waals surface area contributed by atoms with Crippen molar-refractivity contribution in [1.82, 2.24) is 0 Å². The standard InChI is InChI=1S/C14H20O2/c1-9(15)5-6-14(4)12(16)11-7-10(11)8-13(14,2)3/h5-6,10-11H,7-8H2,1-4H3/b6-5-/t10-,11-,14-/m0/s1. The largest absolute Gasteiger partial charge is 0.298 e. The summed E-state index contributed by atoms with van der Waals surface area (Å²) in [6, 6.07) is 0. The predicted octanol–water partition coefficient (Wildman–Crippen LogP) is 2.77. The Kier molecular flexibility index (Phi) is 2.37. The number of Topliss-reactive ketones (excluding diaryl/α,β-unsaturated/α-hetero) is 1. The Morgan fingerprint density at radius 2 is 2.00 bits per heavy atom. The molecule has 0 radical (unpaired) electrons. The van der Waals surface area contributed by atoms with Crippen molar-refractivity contribution in [3.05, 3.63) is 12.2 Å². The highest BCUT2D eigenvalue weighted by Crippen LogP contribution is 2.61.